The molecule has 3 aromatic carbocycles. The lowest BCUT2D eigenvalue weighted by Gasteiger charge is -2.15. The highest BCUT2D eigenvalue weighted by atomic mass is 32.2. The molecular formula is C28H27N3O2S2. The number of rotatable bonds is 6. The first-order valence-electron chi connectivity index (χ1n) is 11.7. The number of nitrogens with zero attached hydrogens (tertiary/aromatic N) is 1. The number of para-hydroxylation sites is 3. The Morgan fingerprint density at radius 1 is 1.00 bits per heavy atom. The Hall–Kier alpha value is -3.29. The molecule has 0 unspecified atom stereocenters. The van der Waals surface area contributed by atoms with Gasteiger partial charge in [0.25, 0.3) is 0 Å². The molecule has 0 radical (unpaired) electrons. The highest BCUT2D eigenvalue weighted by Crippen LogP contribution is 2.33. The second-order valence-electron chi connectivity index (χ2n) is 8.47. The van der Waals surface area contributed by atoms with Gasteiger partial charge in [-0.3, -0.25) is 9.36 Å². The quantitative estimate of drug-likeness (QED) is 0.225. The first-order valence-corrected chi connectivity index (χ1v) is 13.1. The number of carbonyl (C=O) groups excluding carboxylic acids is 1. The number of aromatic nitrogens is 1. The molecule has 5 nitrogen and oxygen atoms in total. The summed E-state index contributed by atoms with van der Waals surface area (Å²) in [6, 6.07) is 23.9. The summed E-state index contributed by atoms with van der Waals surface area (Å²) in [5, 5.41) is 8.09. The Morgan fingerprint density at radius 3 is 2.69 bits per heavy atom. The molecule has 1 heterocycles. The first-order chi connectivity index (χ1) is 17.1. The number of carbonyl (C=O) groups is 1. The molecule has 1 aliphatic rings. The van der Waals surface area contributed by atoms with Gasteiger partial charge in [-0.2, -0.15) is 0 Å². The maximum Gasteiger partial charge on any atom is 0.241 e. The van der Waals surface area contributed by atoms with Crippen molar-refractivity contribution in [1.82, 2.24) is 4.57 Å². The number of hydrogen-bond donors (Lipinski definition) is 2. The van der Waals surface area contributed by atoms with E-state index in [1.807, 2.05) is 59.2 Å². The number of fused-ring (bicyclic) bond motifs is 3. The van der Waals surface area contributed by atoms with E-state index in [9.17, 15) is 4.79 Å². The average molecular weight is 502 g/mol. The average Bonchev–Trinajstić information content (AvgIpc) is 3.22. The maximum absolute atomic E-state index is 13.4. The van der Waals surface area contributed by atoms with Crippen LogP contribution in [-0.4, -0.2) is 28.4 Å². The van der Waals surface area contributed by atoms with Crippen molar-refractivity contribution in [2.45, 2.75) is 30.6 Å². The fourth-order valence-corrected chi connectivity index (χ4v) is 5.72. The highest BCUT2D eigenvalue weighted by Gasteiger charge is 2.23. The summed E-state index contributed by atoms with van der Waals surface area (Å²) in [5.74, 6) is 1.22. The molecular weight excluding hydrogens is 474 g/mol. The van der Waals surface area contributed by atoms with Gasteiger partial charge in [0, 0.05) is 21.7 Å². The van der Waals surface area contributed by atoms with Crippen LogP contribution in [0.4, 0.5) is 11.4 Å². The van der Waals surface area contributed by atoms with Gasteiger partial charge in [0.1, 0.15) is 5.75 Å². The minimum Gasteiger partial charge on any atom is -0.495 e. The van der Waals surface area contributed by atoms with Crippen molar-refractivity contribution in [3.05, 3.63) is 84.1 Å². The summed E-state index contributed by atoms with van der Waals surface area (Å²) >= 11 is 7.03. The predicted octanol–water partition coefficient (Wildman–Crippen LogP) is 6.77. The van der Waals surface area contributed by atoms with Crippen LogP contribution in [0.3, 0.4) is 0 Å². The first kappa shape index (κ1) is 23.5. The lowest BCUT2D eigenvalue weighted by atomic mass is 9.96. The number of thiocarbonyl (C=S) groups is 1. The molecule has 2 N–H and O–H groups in total. The lowest BCUT2D eigenvalue weighted by molar-refractivity contribution is 0.0943. The van der Waals surface area contributed by atoms with E-state index in [0.717, 1.165) is 46.8 Å². The van der Waals surface area contributed by atoms with Crippen molar-refractivity contribution < 1.29 is 9.53 Å². The minimum absolute atomic E-state index is 0.126. The topological polar surface area (TPSA) is 55.3 Å². The van der Waals surface area contributed by atoms with Gasteiger partial charge in [-0.1, -0.05) is 36.4 Å². The van der Waals surface area contributed by atoms with Crippen LogP contribution in [0.25, 0.3) is 10.9 Å². The molecule has 1 aliphatic carbocycles. The van der Waals surface area contributed by atoms with Crippen molar-refractivity contribution in [2.24, 2.45) is 0 Å². The van der Waals surface area contributed by atoms with Crippen LogP contribution in [0.2, 0.25) is 0 Å². The second-order valence-corrected chi connectivity index (χ2v) is 9.93. The van der Waals surface area contributed by atoms with Gasteiger partial charge < -0.3 is 15.4 Å². The molecule has 0 fully saturated rings. The molecule has 5 rings (SSSR count). The Morgan fingerprint density at radius 2 is 1.80 bits per heavy atom. The molecule has 0 aliphatic heterocycles. The van der Waals surface area contributed by atoms with Crippen molar-refractivity contribution in [3.63, 3.8) is 0 Å². The van der Waals surface area contributed by atoms with Crippen LogP contribution in [-0.2, 0) is 12.8 Å². The fraction of sp³-hybridized carbons (Fsp3) is 0.214. The molecule has 4 aromatic rings. The van der Waals surface area contributed by atoms with Crippen LogP contribution in [0.5, 0.6) is 5.75 Å². The summed E-state index contributed by atoms with van der Waals surface area (Å²) in [4.78, 5) is 14.4. The number of anilines is 2. The van der Waals surface area contributed by atoms with Gasteiger partial charge in [-0.05, 0) is 79.9 Å². The number of ether oxygens (including phenoxy) is 1. The summed E-state index contributed by atoms with van der Waals surface area (Å²) < 4.78 is 7.34. The molecule has 7 heteroatoms. The lowest BCUT2D eigenvalue weighted by Crippen LogP contribution is -2.19. The van der Waals surface area contributed by atoms with Crippen LogP contribution >= 0.6 is 24.0 Å². The molecule has 0 amide bonds. The van der Waals surface area contributed by atoms with E-state index < -0.39 is 0 Å². The molecule has 0 atom stereocenters. The summed E-state index contributed by atoms with van der Waals surface area (Å²) in [6.45, 7) is 0. The molecule has 0 saturated heterocycles. The molecule has 1 aromatic heterocycles. The predicted molar refractivity (Wildman–Crippen MR) is 149 cm³/mol. The zero-order valence-electron chi connectivity index (χ0n) is 19.5. The Balaban J connectivity index is 1.27. The molecule has 0 saturated carbocycles. The highest BCUT2D eigenvalue weighted by molar-refractivity contribution is 8.00. The van der Waals surface area contributed by atoms with Gasteiger partial charge in [0.15, 0.2) is 5.11 Å². The van der Waals surface area contributed by atoms with Crippen LogP contribution in [0, 0.1) is 0 Å². The van der Waals surface area contributed by atoms with Gasteiger partial charge in [-0.25, -0.2) is 0 Å². The third kappa shape index (κ3) is 5.06. The van der Waals surface area contributed by atoms with Crippen LogP contribution in [0.1, 0.15) is 28.9 Å². The molecule has 178 valence electrons. The Kier molecular flexibility index (Phi) is 7.06. The molecule has 0 bridgehead atoms. The van der Waals surface area contributed by atoms with Gasteiger partial charge in [0.05, 0.1) is 24.1 Å². The number of methoxy groups -OCH3 is 1. The molecule has 35 heavy (non-hydrogen) atoms. The van der Waals surface area contributed by atoms with E-state index in [1.165, 1.54) is 23.1 Å². The van der Waals surface area contributed by atoms with E-state index in [2.05, 4.69) is 28.8 Å². The maximum atomic E-state index is 13.4. The Labute approximate surface area is 214 Å². The normalized spacial score (nSPS) is 12.7. The third-order valence-electron chi connectivity index (χ3n) is 6.24. The van der Waals surface area contributed by atoms with Gasteiger partial charge >= 0.3 is 0 Å². The number of hydrogen-bond acceptors (Lipinski definition) is 4. The van der Waals surface area contributed by atoms with E-state index in [0.29, 0.717) is 10.9 Å². The van der Waals surface area contributed by atoms with Crippen molar-refractivity contribution in [1.29, 1.82) is 0 Å². The summed E-state index contributed by atoms with van der Waals surface area (Å²) in [7, 11) is 1.63. The number of benzene rings is 3. The van der Waals surface area contributed by atoms with Gasteiger partial charge in [-0.15, -0.1) is 11.8 Å². The summed E-state index contributed by atoms with van der Waals surface area (Å²) in [5.41, 5.74) is 5.25. The van der Waals surface area contributed by atoms with Crippen molar-refractivity contribution >= 4 is 57.3 Å². The zero-order chi connectivity index (χ0) is 24.2. The largest absolute Gasteiger partial charge is 0.495 e. The van der Waals surface area contributed by atoms with E-state index in [1.54, 1.807) is 18.9 Å². The van der Waals surface area contributed by atoms with E-state index in [-0.39, 0.29) is 5.91 Å². The fourth-order valence-electron chi connectivity index (χ4n) is 4.69. The monoisotopic (exact) mass is 501 g/mol. The Bertz CT molecular complexity index is 1400. The number of thioether (sulfide) groups is 1. The number of nitrogens with one attached hydrogen (secondary N) is 2. The van der Waals surface area contributed by atoms with Crippen LogP contribution in [0.15, 0.2) is 77.7 Å². The van der Waals surface area contributed by atoms with E-state index in [4.69, 9.17) is 17.0 Å². The minimum atomic E-state index is 0.126. The zero-order valence-corrected chi connectivity index (χ0v) is 21.2. The van der Waals surface area contributed by atoms with Crippen LogP contribution < -0.4 is 15.4 Å². The van der Waals surface area contributed by atoms with Gasteiger partial charge in [0.2, 0.25) is 5.91 Å². The third-order valence-corrected chi connectivity index (χ3v) is 7.42. The standard InChI is InChI=1S/C28H27N3O2S2/c1-33-26-16-7-4-13-23(26)30-28(34)29-19-9-8-10-20(17-19)35-18-27(32)31-24-14-5-2-11-21(24)22-12-3-6-15-25(22)31/h2,4-5,7-11,13-14,16-17H,3,6,12,15,18H2,1H3,(H2,29,30,34). The molecule has 0 spiro atoms. The SMILES string of the molecule is COc1ccccc1NC(=S)Nc1cccc(SCC(=O)n2c3c(c4ccccc42)CCCC3)c1. The smallest absolute Gasteiger partial charge is 0.241 e. The summed E-state index contributed by atoms with van der Waals surface area (Å²) in [6.07, 6.45) is 4.36. The van der Waals surface area contributed by atoms with Crippen molar-refractivity contribution in [3.8, 4) is 5.75 Å². The van der Waals surface area contributed by atoms with E-state index >= 15 is 0 Å². The number of aryl methyl sites for hydroxylation is 1. The van der Waals surface area contributed by atoms with Crippen molar-refractivity contribution in [2.75, 3.05) is 23.5 Å². The second kappa shape index (κ2) is 10.5.